The minimum absolute atomic E-state index is 0.000884. The van der Waals surface area contributed by atoms with Crippen LogP contribution in [0.2, 0.25) is 0 Å². The lowest BCUT2D eigenvalue weighted by atomic mass is 9.89. The topological polar surface area (TPSA) is 116 Å². The number of nitrogens with zero attached hydrogens (tertiary/aromatic N) is 1. The summed E-state index contributed by atoms with van der Waals surface area (Å²) < 4.78 is 11.3. The molecule has 4 rings (SSSR count). The van der Waals surface area contributed by atoms with Gasteiger partial charge in [0.25, 0.3) is 5.91 Å². The van der Waals surface area contributed by atoms with E-state index in [4.69, 9.17) is 15.2 Å². The van der Waals surface area contributed by atoms with Gasteiger partial charge in [-0.05, 0) is 25.0 Å². The third-order valence-corrected chi connectivity index (χ3v) is 4.92. The molecule has 1 aromatic heterocycles. The number of carbonyl (C=O) groups excluding carboxylic acids is 2. The van der Waals surface area contributed by atoms with E-state index < -0.39 is 5.91 Å². The number of urea groups is 1. The number of hydrogen-bond donors (Lipinski definition) is 3. The molecule has 0 bridgehead atoms. The maximum absolute atomic E-state index is 11.8. The van der Waals surface area contributed by atoms with Gasteiger partial charge in [0.2, 0.25) is 0 Å². The van der Waals surface area contributed by atoms with Gasteiger partial charge < -0.3 is 25.8 Å². The van der Waals surface area contributed by atoms with Crippen molar-refractivity contribution in [2.24, 2.45) is 5.73 Å². The molecule has 8 heteroatoms. The Kier molecular flexibility index (Phi) is 4.47. The molecule has 1 heterocycles. The first-order valence-electron chi connectivity index (χ1n) is 9.03. The number of benzene rings is 1. The van der Waals surface area contributed by atoms with Crippen LogP contribution >= 0.6 is 0 Å². The van der Waals surface area contributed by atoms with E-state index in [1.807, 2.05) is 0 Å². The van der Waals surface area contributed by atoms with E-state index in [1.165, 1.54) is 7.11 Å². The van der Waals surface area contributed by atoms with E-state index in [0.717, 1.165) is 25.7 Å². The van der Waals surface area contributed by atoms with Gasteiger partial charge in [-0.25, -0.2) is 4.79 Å². The average molecular weight is 370 g/mol. The third-order valence-electron chi connectivity index (χ3n) is 4.92. The summed E-state index contributed by atoms with van der Waals surface area (Å²) in [6, 6.07) is 5.44. The lowest BCUT2D eigenvalue weighted by Gasteiger charge is -2.36. The van der Waals surface area contributed by atoms with Gasteiger partial charge in [-0.1, -0.05) is 0 Å². The second-order valence-corrected chi connectivity index (χ2v) is 7.04. The van der Waals surface area contributed by atoms with Crippen LogP contribution in [0.15, 0.2) is 24.4 Å². The molecular formula is C19H22N4O4. The molecule has 3 amide bonds. The second kappa shape index (κ2) is 6.94. The maximum Gasteiger partial charge on any atom is 0.315 e. The largest absolute Gasteiger partial charge is 0.496 e. The normalized spacial score (nSPS) is 21.2. The van der Waals surface area contributed by atoms with E-state index in [0.29, 0.717) is 28.4 Å². The molecule has 0 radical (unpaired) electrons. The van der Waals surface area contributed by atoms with Crippen LogP contribution in [0.4, 0.5) is 4.79 Å². The molecule has 2 fully saturated rings. The van der Waals surface area contributed by atoms with Gasteiger partial charge in [0, 0.05) is 42.6 Å². The first-order valence-corrected chi connectivity index (χ1v) is 9.03. The highest BCUT2D eigenvalue weighted by molar-refractivity contribution is 6.01. The fraction of sp³-hybridized carbons (Fsp3) is 0.421. The summed E-state index contributed by atoms with van der Waals surface area (Å²) in [7, 11) is 1.48. The molecule has 2 saturated carbocycles. The predicted molar refractivity (Wildman–Crippen MR) is 98.9 cm³/mol. The summed E-state index contributed by atoms with van der Waals surface area (Å²) in [5.41, 5.74) is 6.39. The maximum atomic E-state index is 11.8. The number of amides is 3. The number of nitrogens with one attached hydrogen (secondary N) is 2. The fourth-order valence-electron chi connectivity index (χ4n) is 3.21. The van der Waals surface area contributed by atoms with Crippen molar-refractivity contribution in [1.29, 1.82) is 0 Å². The van der Waals surface area contributed by atoms with Gasteiger partial charge in [-0.15, -0.1) is 0 Å². The average Bonchev–Trinajstić information content (AvgIpc) is 3.42. The van der Waals surface area contributed by atoms with Crippen molar-refractivity contribution in [3.05, 3.63) is 30.0 Å². The van der Waals surface area contributed by atoms with Gasteiger partial charge >= 0.3 is 6.03 Å². The Morgan fingerprint density at radius 3 is 2.56 bits per heavy atom. The first kappa shape index (κ1) is 17.4. The highest BCUT2D eigenvalue weighted by Gasteiger charge is 2.33. The van der Waals surface area contributed by atoms with Crippen molar-refractivity contribution < 1.29 is 19.1 Å². The van der Waals surface area contributed by atoms with E-state index in [2.05, 4.69) is 15.6 Å². The van der Waals surface area contributed by atoms with Gasteiger partial charge in [-0.2, -0.15) is 0 Å². The van der Waals surface area contributed by atoms with Crippen LogP contribution in [-0.2, 0) is 0 Å². The number of rotatable bonds is 6. The summed E-state index contributed by atoms with van der Waals surface area (Å²) in [6.45, 7) is 0. The molecule has 4 N–H and O–H groups in total. The van der Waals surface area contributed by atoms with Crippen LogP contribution in [-0.4, -0.2) is 42.2 Å². The lowest BCUT2D eigenvalue weighted by molar-refractivity contribution is 0.0900. The number of pyridine rings is 1. The molecule has 0 aliphatic heterocycles. The fourth-order valence-corrected chi connectivity index (χ4v) is 3.21. The summed E-state index contributed by atoms with van der Waals surface area (Å²) in [6.07, 6.45) is 5.26. The van der Waals surface area contributed by atoms with Crippen molar-refractivity contribution in [2.45, 2.75) is 43.9 Å². The SMILES string of the molecule is COc1cc2nccc(OC3CC(NC(=O)NC4CC4)C3)c2cc1C(N)=O. The number of aromatic nitrogens is 1. The molecule has 2 aliphatic rings. The van der Waals surface area contributed by atoms with E-state index >= 15 is 0 Å². The number of fused-ring (bicyclic) bond motifs is 1. The van der Waals surface area contributed by atoms with Crippen molar-refractivity contribution in [1.82, 2.24) is 15.6 Å². The highest BCUT2D eigenvalue weighted by atomic mass is 16.5. The standard InChI is InChI=1S/C19H22N4O4/c1-26-17-9-15-13(8-14(17)18(20)24)16(4-5-21-15)27-12-6-11(7-12)23-19(25)22-10-2-3-10/h4-5,8-12H,2-3,6-7H2,1H3,(H2,20,24)(H2,22,23,25). The van der Waals surface area contributed by atoms with Gasteiger partial charge in [0.15, 0.2) is 0 Å². The number of primary amides is 1. The van der Waals surface area contributed by atoms with Crippen LogP contribution in [0.25, 0.3) is 10.9 Å². The second-order valence-electron chi connectivity index (χ2n) is 7.04. The van der Waals surface area contributed by atoms with Crippen LogP contribution in [0.5, 0.6) is 11.5 Å². The molecule has 2 aliphatic carbocycles. The van der Waals surface area contributed by atoms with Crippen LogP contribution in [0.3, 0.4) is 0 Å². The third kappa shape index (κ3) is 3.74. The minimum Gasteiger partial charge on any atom is -0.496 e. The Bertz CT molecular complexity index is 891. The Morgan fingerprint density at radius 2 is 1.89 bits per heavy atom. The Hall–Kier alpha value is -3.03. The smallest absolute Gasteiger partial charge is 0.315 e. The predicted octanol–water partition coefficient (Wildman–Crippen LogP) is 1.71. The Morgan fingerprint density at radius 1 is 1.15 bits per heavy atom. The zero-order valence-electron chi connectivity index (χ0n) is 15.0. The summed E-state index contributed by atoms with van der Waals surface area (Å²) in [4.78, 5) is 27.8. The molecule has 0 unspecified atom stereocenters. The van der Waals surface area contributed by atoms with Gasteiger partial charge in [-0.3, -0.25) is 9.78 Å². The van der Waals surface area contributed by atoms with Crippen molar-refractivity contribution >= 4 is 22.8 Å². The molecule has 27 heavy (non-hydrogen) atoms. The number of nitrogens with two attached hydrogens (primary N) is 1. The Balaban J connectivity index is 1.44. The molecule has 2 aromatic rings. The quantitative estimate of drug-likeness (QED) is 0.716. The number of methoxy groups -OCH3 is 1. The number of carbonyl (C=O) groups is 2. The molecule has 0 atom stereocenters. The highest BCUT2D eigenvalue weighted by Crippen LogP contribution is 2.33. The monoisotopic (exact) mass is 370 g/mol. The van der Waals surface area contributed by atoms with E-state index in [-0.39, 0.29) is 23.7 Å². The summed E-state index contributed by atoms with van der Waals surface area (Å²) in [5.74, 6) is 0.448. The molecule has 1 aromatic carbocycles. The molecule has 142 valence electrons. The van der Waals surface area contributed by atoms with Crippen LogP contribution in [0, 0.1) is 0 Å². The first-order chi connectivity index (χ1) is 13.0. The van der Waals surface area contributed by atoms with Crippen molar-refractivity contribution in [3.8, 4) is 11.5 Å². The van der Waals surface area contributed by atoms with Crippen LogP contribution < -0.4 is 25.8 Å². The minimum atomic E-state index is -0.571. The zero-order valence-corrected chi connectivity index (χ0v) is 15.0. The number of ether oxygens (including phenoxy) is 2. The van der Waals surface area contributed by atoms with Gasteiger partial charge in [0.05, 0.1) is 18.2 Å². The zero-order chi connectivity index (χ0) is 19.0. The van der Waals surface area contributed by atoms with Crippen molar-refractivity contribution in [3.63, 3.8) is 0 Å². The number of hydrogen-bond acceptors (Lipinski definition) is 5. The summed E-state index contributed by atoms with van der Waals surface area (Å²) in [5, 5.41) is 6.58. The van der Waals surface area contributed by atoms with Gasteiger partial charge in [0.1, 0.15) is 17.6 Å². The molecule has 0 spiro atoms. The van der Waals surface area contributed by atoms with Crippen molar-refractivity contribution in [2.75, 3.05) is 7.11 Å². The Labute approximate surface area is 156 Å². The lowest BCUT2D eigenvalue weighted by Crippen LogP contribution is -2.52. The van der Waals surface area contributed by atoms with Crippen LogP contribution in [0.1, 0.15) is 36.0 Å². The summed E-state index contributed by atoms with van der Waals surface area (Å²) >= 11 is 0. The molecular weight excluding hydrogens is 348 g/mol. The molecule has 8 nitrogen and oxygen atoms in total. The van der Waals surface area contributed by atoms with E-state index in [9.17, 15) is 9.59 Å². The molecule has 0 saturated heterocycles. The van der Waals surface area contributed by atoms with E-state index in [1.54, 1.807) is 24.4 Å².